The van der Waals surface area contributed by atoms with Gasteiger partial charge in [0.15, 0.2) is 11.4 Å². The van der Waals surface area contributed by atoms with E-state index in [-0.39, 0.29) is 11.4 Å². The minimum absolute atomic E-state index is 0.0598. The first-order valence-electron chi connectivity index (χ1n) is 4.22. The van der Waals surface area contributed by atoms with Crippen LogP contribution in [-0.2, 0) is 4.74 Å². The second-order valence-corrected chi connectivity index (χ2v) is 4.28. The molecule has 0 amide bonds. The average molecular weight is 317 g/mol. The van der Waals surface area contributed by atoms with Crippen molar-refractivity contribution in [2.24, 2.45) is 0 Å². The Labute approximate surface area is 99.4 Å². The lowest BCUT2D eigenvalue weighted by Gasteiger charge is -1.95. The van der Waals surface area contributed by atoms with E-state index >= 15 is 0 Å². The quantitative estimate of drug-likeness (QED) is 0.626. The highest BCUT2D eigenvalue weighted by molar-refractivity contribution is 14.1. The zero-order valence-electron chi connectivity index (χ0n) is 7.87. The van der Waals surface area contributed by atoms with Gasteiger partial charge >= 0.3 is 5.97 Å². The van der Waals surface area contributed by atoms with E-state index in [1.54, 1.807) is 6.07 Å². The van der Waals surface area contributed by atoms with Crippen molar-refractivity contribution in [3.8, 4) is 5.75 Å². The largest absolute Gasteiger partial charge is 0.505 e. The number of methoxy groups -OCH3 is 1. The maximum Gasteiger partial charge on any atom is 0.358 e. The number of rotatable bonds is 1. The van der Waals surface area contributed by atoms with E-state index in [1.807, 2.05) is 12.1 Å². The predicted molar refractivity (Wildman–Crippen MR) is 64.0 cm³/mol. The molecule has 5 heteroatoms. The van der Waals surface area contributed by atoms with Gasteiger partial charge in [-0.2, -0.15) is 0 Å². The number of aromatic hydroxyl groups is 1. The number of carbonyl (C=O) groups excluding carboxylic acids is 1. The summed E-state index contributed by atoms with van der Waals surface area (Å²) in [6.07, 6.45) is 0. The van der Waals surface area contributed by atoms with E-state index in [0.29, 0.717) is 10.9 Å². The van der Waals surface area contributed by atoms with Crippen LogP contribution in [0, 0.1) is 3.57 Å². The van der Waals surface area contributed by atoms with Crippen LogP contribution in [0.2, 0.25) is 0 Å². The third-order valence-corrected chi connectivity index (χ3v) is 2.79. The molecule has 0 saturated heterocycles. The lowest BCUT2D eigenvalue weighted by molar-refractivity contribution is 0.0592. The zero-order valence-corrected chi connectivity index (χ0v) is 10.0. The van der Waals surface area contributed by atoms with Crippen molar-refractivity contribution in [2.75, 3.05) is 7.11 Å². The molecule has 0 aliphatic rings. The third kappa shape index (κ3) is 1.67. The molecule has 15 heavy (non-hydrogen) atoms. The summed E-state index contributed by atoms with van der Waals surface area (Å²) in [6, 6.07) is 5.50. The van der Waals surface area contributed by atoms with Gasteiger partial charge in [-0.15, -0.1) is 0 Å². The van der Waals surface area contributed by atoms with Crippen LogP contribution in [0.3, 0.4) is 0 Å². The lowest BCUT2D eigenvalue weighted by atomic mass is 10.2. The molecule has 0 fully saturated rings. The highest BCUT2D eigenvalue weighted by Crippen LogP contribution is 2.30. The van der Waals surface area contributed by atoms with Gasteiger partial charge in [0.1, 0.15) is 0 Å². The van der Waals surface area contributed by atoms with Gasteiger partial charge in [-0.05, 0) is 40.8 Å². The number of ether oxygens (including phenoxy) is 1. The lowest BCUT2D eigenvalue weighted by Crippen LogP contribution is -2.01. The van der Waals surface area contributed by atoms with Gasteiger partial charge in [0, 0.05) is 14.5 Å². The van der Waals surface area contributed by atoms with Crippen molar-refractivity contribution < 1.29 is 14.6 Å². The summed E-state index contributed by atoms with van der Waals surface area (Å²) in [5, 5.41) is 10.4. The molecule has 1 aromatic carbocycles. The first kappa shape index (κ1) is 10.3. The average Bonchev–Trinajstić information content (AvgIpc) is 2.55. The number of carbonyl (C=O) groups is 1. The summed E-state index contributed by atoms with van der Waals surface area (Å²) in [5.74, 6) is -0.630. The van der Waals surface area contributed by atoms with Gasteiger partial charge in [-0.25, -0.2) is 4.79 Å². The van der Waals surface area contributed by atoms with Gasteiger partial charge in [-0.3, -0.25) is 0 Å². The zero-order chi connectivity index (χ0) is 11.0. The summed E-state index contributed by atoms with van der Waals surface area (Å²) in [7, 11) is 1.27. The number of aromatic nitrogens is 1. The number of hydrogen-bond acceptors (Lipinski definition) is 3. The SMILES string of the molecule is COC(=O)c1[nH]c2ccc(I)cc2c1O. The smallest absolute Gasteiger partial charge is 0.358 e. The van der Waals surface area contributed by atoms with Crippen LogP contribution < -0.4 is 0 Å². The van der Waals surface area contributed by atoms with Gasteiger partial charge in [0.25, 0.3) is 0 Å². The summed E-state index contributed by atoms with van der Waals surface area (Å²) >= 11 is 2.14. The summed E-state index contributed by atoms with van der Waals surface area (Å²) < 4.78 is 5.54. The van der Waals surface area contributed by atoms with Crippen molar-refractivity contribution >= 4 is 39.5 Å². The molecule has 2 aromatic rings. The molecule has 1 heterocycles. The van der Waals surface area contributed by atoms with E-state index in [1.165, 1.54) is 7.11 Å². The maximum atomic E-state index is 11.3. The van der Waals surface area contributed by atoms with Gasteiger partial charge in [0.2, 0.25) is 0 Å². The molecule has 0 spiro atoms. The van der Waals surface area contributed by atoms with Crippen molar-refractivity contribution in [3.05, 3.63) is 27.5 Å². The van der Waals surface area contributed by atoms with Crippen LogP contribution in [0.4, 0.5) is 0 Å². The summed E-state index contributed by atoms with van der Waals surface area (Å²) in [6.45, 7) is 0. The first-order chi connectivity index (χ1) is 7.13. The molecule has 0 aliphatic heterocycles. The standard InChI is InChI=1S/C10H8INO3/c1-15-10(14)8-9(13)6-4-5(11)2-3-7(6)12-8/h2-4,12-13H,1H3. The third-order valence-electron chi connectivity index (χ3n) is 2.12. The monoisotopic (exact) mass is 317 g/mol. The Balaban J connectivity index is 2.69. The number of nitrogens with one attached hydrogen (secondary N) is 1. The number of benzene rings is 1. The molecule has 0 aliphatic carbocycles. The second kappa shape index (κ2) is 3.73. The maximum absolute atomic E-state index is 11.3. The van der Waals surface area contributed by atoms with Crippen molar-refractivity contribution in [1.82, 2.24) is 4.98 Å². The topological polar surface area (TPSA) is 62.3 Å². The number of halogens is 1. The van der Waals surface area contributed by atoms with Crippen molar-refractivity contribution in [2.45, 2.75) is 0 Å². The van der Waals surface area contributed by atoms with Crippen LogP contribution >= 0.6 is 22.6 Å². The minimum Gasteiger partial charge on any atom is -0.505 e. The molecule has 1 aromatic heterocycles. The van der Waals surface area contributed by atoms with Crippen LogP contribution in [0.5, 0.6) is 5.75 Å². The van der Waals surface area contributed by atoms with Crippen molar-refractivity contribution in [1.29, 1.82) is 0 Å². The molecule has 2 N–H and O–H groups in total. The molecule has 0 atom stereocenters. The minimum atomic E-state index is -0.571. The van der Waals surface area contributed by atoms with Gasteiger partial charge in [0.05, 0.1) is 7.11 Å². The van der Waals surface area contributed by atoms with E-state index in [2.05, 4.69) is 32.3 Å². The molecule has 0 bridgehead atoms. The van der Waals surface area contributed by atoms with Gasteiger partial charge < -0.3 is 14.8 Å². The molecule has 0 saturated carbocycles. The number of hydrogen-bond donors (Lipinski definition) is 2. The number of H-pyrrole nitrogens is 1. The fourth-order valence-electron chi connectivity index (χ4n) is 1.40. The first-order valence-corrected chi connectivity index (χ1v) is 5.30. The number of esters is 1. The van der Waals surface area contributed by atoms with E-state index < -0.39 is 5.97 Å². The molecule has 0 unspecified atom stereocenters. The van der Waals surface area contributed by atoms with Crippen LogP contribution in [0.1, 0.15) is 10.5 Å². The summed E-state index contributed by atoms with van der Waals surface area (Å²) in [4.78, 5) is 14.1. The van der Waals surface area contributed by atoms with Crippen molar-refractivity contribution in [3.63, 3.8) is 0 Å². The molecule has 0 radical (unpaired) electrons. The number of aromatic amines is 1. The Hall–Kier alpha value is -1.24. The van der Waals surface area contributed by atoms with Crippen LogP contribution in [-0.4, -0.2) is 23.2 Å². The van der Waals surface area contributed by atoms with Crippen LogP contribution in [0.15, 0.2) is 18.2 Å². The molecule has 4 nitrogen and oxygen atoms in total. The Bertz CT molecular complexity index is 533. The van der Waals surface area contributed by atoms with E-state index in [9.17, 15) is 9.90 Å². The van der Waals surface area contributed by atoms with Crippen LogP contribution in [0.25, 0.3) is 10.9 Å². The summed E-state index contributed by atoms with van der Waals surface area (Å²) in [5.41, 5.74) is 0.808. The van der Waals surface area contributed by atoms with Gasteiger partial charge in [-0.1, -0.05) is 0 Å². The highest BCUT2D eigenvalue weighted by Gasteiger charge is 2.17. The fourth-order valence-corrected chi connectivity index (χ4v) is 1.89. The Kier molecular flexibility index (Phi) is 2.56. The molecule has 2 rings (SSSR count). The normalized spacial score (nSPS) is 10.5. The molecular weight excluding hydrogens is 309 g/mol. The predicted octanol–water partition coefficient (Wildman–Crippen LogP) is 2.26. The van der Waals surface area contributed by atoms with E-state index in [4.69, 9.17) is 0 Å². The molecule has 78 valence electrons. The highest BCUT2D eigenvalue weighted by atomic mass is 127. The Morgan fingerprint density at radius 2 is 2.27 bits per heavy atom. The Morgan fingerprint density at radius 1 is 1.53 bits per heavy atom. The fraction of sp³-hybridized carbons (Fsp3) is 0.100. The van der Waals surface area contributed by atoms with E-state index in [0.717, 1.165) is 3.57 Å². The molecular formula is C10H8INO3. The number of fused-ring (bicyclic) bond motifs is 1. The second-order valence-electron chi connectivity index (χ2n) is 3.03. The Morgan fingerprint density at radius 3 is 2.93 bits per heavy atom.